The lowest BCUT2D eigenvalue weighted by Gasteiger charge is -2.36. The molecule has 0 bridgehead atoms. The van der Waals surface area contributed by atoms with E-state index in [0.717, 1.165) is 19.5 Å². The standard InChI is InChI=1S/C19H37N3O3/c1-8-14(2)15(21-17(24)25-18(3,4)5)16(23)20-13-19(6,7)22-11-9-10-12-22/h14-15H,8-13H2,1-7H3,(H,20,23)(H,21,24). The topological polar surface area (TPSA) is 70.7 Å². The van der Waals surface area contributed by atoms with Gasteiger partial charge in [-0.25, -0.2) is 4.79 Å². The van der Waals surface area contributed by atoms with E-state index in [1.807, 2.05) is 34.6 Å². The average molecular weight is 356 g/mol. The summed E-state index contributed by atoms with van der Waals surface area (Å²) in [5.74, 6) is -0.116. The van der Waals surface area contributed by atoms with Crippen molar-refractivity contribution in [2.45, 2.75) is 84.9 Å². The number of hydrogen-bond donors (Lipinski definition) is 2. The van der Waals surface area contributed by atoms with Crippen LogP contribution in [0, 0.1) is 5.92 Å². The second-order valence-corrected chi connectivity index (χ2v) is 8.73. The van der Waals surface area contributed by atoms with Crippen molar-refractivity contribution in [1.82, 2.24) is 15.5 Å². The molecule has 0 aromatic heterocycles. The molecular formula is C19H37N3O3. The van der Waals surface area contributed by atoms with Crippen LogP contribution in [0.15, 0.2) is 0 Å². The van der Waals surface area contributed by atoms with Gasteiger partial charge in [0, 0.05) is 12.1 Å². The third kappa shape index (κ3) is 7.22. The maximum absolute atomic E-state index is 12.7. The minimum absolute atomic E-state index is 0.0300. The number of hydrogen-bond acceptors (Lipinski definition) is 4. The molecule has 0 aromatic rings. The number of rotatable bonds is 7. The molecule has 6 nitrogen and oxygen atoms in total. The van der Waals surface area contributed by atoms with Gasteiger partial charge in [-0.1, -0.05) is 20.3 Å². The molecule has 0 saturated carbocycles. The van der Waals surface area contributed by atoms with Crippen LogP contribution in [0.25, 0.3) is 0 Å². The maximum atomic E-state index is 12.7. The first-order valence-corrected chi connectivity index (χ1v) is 9.48. The molecule has 6 heteroatoms. The third-order valence-corrected chi connectivity index (χ3v) is 4.83. The molecule has 2 N–H and O–H groups in total. The van der Waals surface area contributed by atoms with Crippen LogP contribution in [0.4, 0.5) is 4.79 Å². The summed E-state index contributed by atoms with van der Waals surface area (Å²) in [5.41, 5.74) is -0.670. The average Bonchev–Trinajstić information content (AvgIpc) is 3.03. The maximum Gasteiger partial charge on any atom is 0.408 e. The zero-order valence-electron chi connectivity index (χ0n) is 17.1. The third-order valence-electron chi connectivity index (χ3n) is 4.83. The first kappa shape index (κ1) is 21.7. The van der Waals surface area contributed by atoms with Crippen molar-refractivity contribution >= 4 is 12.0 Å². The van der Waals surface area contributed by atoms with E-state index < -0.39 is 17.7 Å². The van der Waals surface area contributed by atoms with E-state index in [-0.39, 0.29) is 17.4 Å². The van der Waals surface area contributed by atoms with Crippen molar-refractivity contribution in [3.05, 3.63) is 0 Å². The molecule has 1 aliphatic rings. The van der Waals surface area contributed by atoms with Gasteiger partial charge in [-0.3, -0.25) is 9.69 Å². The Kier molecular flexibility index (Phi) is 7.72. The van der Waals surface area contributed by atoms with E-state index in [1.54, 1.807) is 0 Å². The molecule has 2 atom stereocenters. The highest BCUT2D eigenvalue weighted by Gasteiger charge is 2.32. The molecule has 1 rings (SSSR count). The number of carbonyl (C=O) groups excluding carboxylic acids is 2. The molecule has 0 aliphatic carbocycles. The monoisotopic (exact) mass is 355 g/mol. The second kappa shape index (κ2) is 8.88. The predicted molar refractivity (Wildman–Crippen MR) is 101 cm³/mol. The first-order valence-electron chi connectivity index (χ1n) is 9.48. The number of amides is 2. The van der Waals surface area contributed by atoms with Crippen LogP contribution in [0.3, 0.4) is 0 Å². The Hall–Kier alpha value is -1.30. The van der Waals surface area contributed by atoms with Crippen LogP contribution in [0.2, 0.25) is 0 Å². The highest BCUT2D eigenvalue weighted by molar-refractivity contribution is 5.86. The van der Waals surface area contributed by atoms with Gasteiger partial charge in [0.2, 0.25) is 5.91 Å². The van der Waals surface area contributed by atoms with Gasteiger partial charge in [0.25, 0.3) is 0 Å². The molecule has 0 radical (unpaired) electrons. The fourth-order valence-corrected chi connectivity index (χ4v) is 2.98. The summed E-state index contributed by atoms with van der Waals surface area (Å²) in [7, 11) is 0. The van der Waals surface area contributed by atoms with E-state index >= 15 is 0 Å². The quantitative estimate of drug-likeness (QED) is 0.737. The first-order chi connectivity index (χ1) is 11.5. The highest BCUT2D eigenvalue weighted by Crippen LogP contribution is 2.20. The van der Waals surface area contributed by atoms with Crippen molar-refractivity contribution in [1.29, 1.82) is 0 Å². The number of ether oxygens (including phenoxy) is 1. The smallest absolute Gasteiger partial charge is 0.408 e. The van der Waals surface area contributed by atoms with Crippen molar-refractivity contribution in [3.63, 3.8) is 0 Å². The lowest BCUT2D eigenvalue weighted by molar-refractivity contribution is -0.125. The van der Waals surface area contributed by atoms with Gasteiger partial charge in [0.1, 0.15) is 11.6 Å². The Morgan fingerprint density at radius 3 is 2.16 bits per heavy atom. The zero-order chi connectivity index (χ0) is 19.3. The Morgan fingerprint density at radius 1 is 1.12 bits per heavy atom. The molecule has 1 heterocycles. The molecule has 25 heavy (non-hydrogen) atoms. The number of likely N-dealkylation sites (tertiary alicyclic amines) is 1. The van der Waals surface area contributed by atoms with Crippen LogP contribution >= 0.6 is 0 Å². The molecule has 1 saturated heterocycles. The molecular weight excluding hydrogens is 318 g/mol. The zero-order valence-corrected chi connectivity index (χ0v) is 17.1. The Balaban J connectivity index is 2.65. The lowest BCUT2D eigenvalue weighted by Crippen LogP contribution is -2.56. The SMILES string of the molecule is CCC(C)C(NC(=O)OC(C)(C)C)C(=O)NCC(C)(C)N1CCCC1. The fourth-order valence-electron chi connectivity index (χ4n) is 2.98. The van der Waals surface area contributed by atoms with Crippen molar-refractivity contribution in [2.24, 2.45) is 5.92 Å². The molecule has 1 aliphatic heterocycles. The lowest BCUT2D eigenvalue weighted by atomic mass is 9.97. The van der Waals surface area contributed by atoms with Gasteiger partial charge in [-0.2, -0.15) is 0 Å². The Labute approximate surface area is 153 Å². The van der Waals surface area contributed by atoms with Crippen LogP contribution in [0.1, 0.15) is 67.7 Å². The minimum Gasteiger partial charge on any atom is -0.444 e. The van der Waals surface area contributed by atoms with Gasteiger partial charge in [0.05, 0.1) is 0 Å². The summed E-state index contributed by atoms with van der Waals surface area (Å²) in [6.07, 6.45) is 2.68. The van der Waals surface area contributed by atoms with Gasteiger partial charge in [0.15, 0.2) is 0 Å². The van der Waals surface area contributed by atoms with Crippen LogP contribution in [-0.2, 0) is 9.53 Å². The highest BCUT2D eigenvalue weighted by atomic mass is 16.6. The second-order valence-electron chi connectivity index (χ2n) is 8.73. The summed E-state index contributed by atoms with van der Waals surface area (Å²) in [5, 5.41) is 5.78. The summed E-state index contributed by atoms with van der Waals surface area (Å²) in [4.78, 5) is 27.2. The van der Waals surface area contributed by atoms with Crippen molar-refractivity contribution < 1.29 is 14.3 Å². The van der Waals surface area contributed by atoms with Crippen LogP contribution in [-0.4, -0.2) is 53.7 Å². The Morgan fingerprint density at radius 2 is 1.68 bits per heavy atom. The van der Waals surface area contributed by atoms with E-state index in [9.17, 15) is 9.59 Å². The van der Waals surface area contributed by atoms with Crippen molar-refractivity contribution in [2.75, 3.05) is 19.6 Å². The molecule has 1 fully saturated rings. The molecule has 146 valence electrons. The summed E-state index contributed by atoms with van der Waals surface area (Å²) < 4.78 is 5.30. The normalized spacial score (nSPS) is 18.5. The Bertz CT molecular complexity index is 451. The number of nitrogens with one attached hydrogen (secondary N) is 2. The minimum atomic E-state index is -0.589. The van der Waals surface area contributed by atoms with Gasteiger partial charge in [-0.05, 0) is 66.5 Å². The van der Waals surface area contributed by atoms with Gasteiger partial charge < -0.3 is 15.4 Å². The molecule has 2 amide bonds. The van der Waals surface area contributed by atoms with Crippen LogP contribution in [0.5, 0.6) is 0 Å². The van der Waals surface area contributed by atoms with Gasteiger partial charge >= 0.3 is 6.09 Å². The van der Waals surface area contributed by atoms with Gasteiger partial charge in [-0.15, -0.1) is 0 Å². The number of alkyl carbamates (subject to hydrolysis) is 1. The largest absolute Gasteiger partial charge is 0.444 e. The fraction of sp³-hybridized carbons (Fsp3) is 0.895. The summed E-state index contributed by atoms with van der Waals surface area (Å²) in [6.45, 7) is 16.4. The predicted octanol–water partition coefficient (Wildman–Crippen LogP) is 2.92. The number of nitrogens with zero attached hydrogens (tertiary/aromatic N) is 1. The summed E-state index contributed by atoms with van der Waals surface area (Å²) in [6, 6.07) is -0.589. The molecule has 2 unspecified atom stereocenters. The number of carbonyl (C=O) groups is 2. The van der Waals surface area contributed by atoms with E-state index in [4.69, 9.17) is 4.74 Å². The molecule has 0 aromatic carbocycles. The van der Waals surface area contributed by atoms with E-state index in [2.05, 4.69) is 29.4 Å². The van der Waals surface area contributed by atoms with Crippen LogP contribution < -0.4 is 10.6 Å². The molecule has 0 spiro atoms. The van der Waals surface area contributed by atoms with E-state index in [0.29, 0.717) is 6.54 Å². The summed E-state index contributed by atoms with van der Waals surface area (Å²) >= 11 is 0. The van der Waals surface area contributed by atoms with Crippen molar-refractivity contribution in [3.8, 4) is 0 Å². The van der Waals surface area contributed by atoms with E-state index in [1.165, 1.54) is 12.8 Å².